The van der Waals surface area contributed by atoms with Crippen LogP contribution < -0.4 is 15.8 Å². The molecule has 0 bridgehead atoms. The molecule has 0 aromatic carbocycles. The van der Waals surface area contributed by atoms with E-state index in [1.165, 1.54) is 0 Å². The first kappa shape index (κ1) is 15.4. The second kappa shape index (κ2) is 7.07. The lowest BCUT2D eigenvalue weighted by Gasteiger charge is -2.07. The highest BCUT2D eigenvalue weighted by molar-refractivity contribution is 7.91. The van der Waals surface area contributed by atoms with Crippen LogP contribution in [0.25, 0.3) is 0 Å². The zero-order valence-electron chi connectivity index (χ0n) is 11.1. The minimum absolute atomic E-state index is 0.0141. The molecule has 0 aliphatic carbocycles. The number of ether oxygens (including phenoxy) is 1. The molecule has 108 valence electrons. The quantitative estimate of drug-likeness (QED) is 0.690. The molecular formula is C10H19N5O3S. The van der Waals surface area contributed by atoms with E-state index in [0.29, 0.717) is 6.61 Å². The van der Waals surface area contributed by atoms with Crippen LogP contribution in [-0.4, -0.2) is 48.0 Å². The van der Waals surface area contributed by atoms with Crippen LogP contribution in [0.15, 0.2) is 0 Å². The first-order valence-corrected chi connectivity index (χ1v) is 7.87. The lowest BCUT2D eigenvalue weighted by molar-refractivity contribution is 0.292. The van der Waals surface area contributed by atoms with Crippen molar-refractivity contribution in [2.24, 2.45) is 0 Å². The molecule has 0 spiro atoms. The minimum Gasteiger partial charge on any atom is -0.463 e. The maximum atomic E-state index is 11.3. The fourth-order valence-electron chi connectivity index (χ4n) is 1.17. The van der Waals surface area contributed by atoms with Crippen LogP contribution >= 0.6 is 0 Å². The SMILES string of the molecule is CCCOc1nc(N)nc(NCCS(=O)(=O)CC)n1. The van der Waals surface area contributed by atoms with Gasteiger partial charge in [-0.3, -0.25) is 0 Å². The summed E-state index contributed by atoms with van der Waals surface area (Å²) in [5.41, 5.74) is 5.51. The molecule has 0 aliphatic rings. The van der Waals surface area contributed by atoms with Crippen LogP contribution in [0.5, 0.6) is 6.01 Å². The number of sulfone groups is 1. The molecule has 1 aromatic heterocycles. The molecule has 0 unspecified atom stereocenters. The third-order valence-corrected chi connectivity index (χ3v) is 3.91. The van der Waals surface area contributed by atoms with Gasteiger partial charge in [0, 0.05) is 12.3 Å². The molecule has 0 fully saturated rings. The predicted octanol–water partition coefficient (Wildman–Crippen LogP) is 0.0892. The van der Waals surface area contributed by atoms with Crippen molar-refractivity contribution < 1.29 is 13.2 Å². The predicted molar refractivity (Wildman–Crippen MR) is 72.8 cm³/mol. The van der Waals surface area contributed by atoms with Crippen LogP contribution in [-0.2, 0) is 9.84 Å². The van der Waals surface area contributed by atoms with Gasteiger partial charge in [-0.25, -0.2) is 8.42 Å². The lowest BCUT2D eigenvalue weighted by Crippen LogP contribution is -2.19. The van der Waals surface area contributed by atoms with Crippen molar-refractivity contribution >= 4 is 21.7 Å². The summed E-state index contributed by atoms with van der Waals surface area (Å²) in [5, 5.41) is 2.79. The number of nitrogen functional groups attached to an aromatic ring is 1. The normalized spacial score (nSPS) is 11.3. The molecule has 0 radical (unpaired) electrons. The van der Waals surface area contributed by atoms with Crippen LogP contribution in [0.2, 0.25) is 0 Å². The first-order valence-electron chi connectivity index (χ1n) is 6.05. The van der Waals surface area contributed by atoms with Crippen molar-refractivity contribution in [1.82, 2.24) is 15.0 Å². The highest BCUT2D eigenvalue weighted by Crippen LogP contribution is 2.08. The minimum atomic E-state index is -3.02. The van der Waals surface area contributed by atoms with Gasteiger partial charge in [-0.15, -0.1) is 0 Å². The molecule has 9 heteroatoms. The largest absolute Gasteiger partial charge is 0.463 e. The highest BCUT2D eigenvalue weighted by Gasteiger charge is 2.09. The number of nitrogens with zero attached hydrogens (tertiary/aromatic N) is 3. The van der Waals surface area contributed by atoms with E-state index in [-0.39, 0.29) is 36.0 Å². The van der Waals surface area contributed by atoms with Crippen molar-refractivity contribution in [2.45, 2.75) is 20.3 Å². The summed E-state index contributed by atoms with van der Waals surface area (Å²) in [6, 6.07) is 0.134. The first-order chi connectivity index (χ1) is 8.96. The number of hydrogen-bond donors (Lipinski definition) is 2. The Morgan fingerprint density at radius 2 is 2.00 bits per heavy atom. The number of nitrogens with one attached hydrogen (secondary N) is 1. The van der Waals surface area contributed by atoms with Gasteiger partial charge in [0.2, 0.25) is 11.9 Å². The lowest BCUT2D eigenvalue weighted by atomic mass is 10.5. The summed E-state index contributed by atoms with van der Waals surface area (Å²) < 4.78 is 27.9. The zero-order chi connectivity index (χ0) is 14.3. The second-order valence-electron chi connectivity index (χ2n) is 3.81. The van der Waals surface area contributed by atoms with Gasteiger partial charge in [0.1, 0.15) is 0 Å². The summed E-state index contributed by atoms with van der Waals surface area (Å²) >= 11 is 0. The fraction of sp³-hybridized carbons (Fsp3) is 0.700. The van der Waals surface area contributed by atoms with Gasteiger partial charge in [0.25, 0.3) is 0 Å². The number of hydrogen-bond acceptors (Lipinski definition) is 8. The summed E-state index contributed by atoms with van der Waals surface area (Å²) in [5.74, 6) is 0.367. The maximum Gasteiger partial charge on any atom is 0.323 e. The molecule has 0 atom stereocenters. The van der Waals surface area contributed by atoms with E-state index in [9.17, 15) is 8.42 Å². The maximum absolute atomic E-state index is 11.3. The molecule has 0 saturated heterocycles. The third kappa shape index (κ3) is 5.69. The van der Waals surface area contributed by atoms with Gasteiger partial charge in [-0.1, -0.05) is 13.8 Å². The van der Waals surface area contributed by atoms with E-state index in [0.717, 1.165) is 6.42 Å². The Bertz CT molecular complexity index is 506. The van der Waals surface area contributed by atoms with Crippen LogP contribution in [0.4, 0.5) is 11.9 Å². The molecular weight excluding hydrogens is 270 g/mol. The Morgan fingerprint density at radius 1 is 1.26 bits per heavy atom. The third-order valence-electron chi connectivity index (χ3n) is 2.20. The van der Waals surface area contributed by atoms with Crippen LogP contribution in [0, 0.1) is 0 Å². The smallest absolute Gasteiger partial charge is 0.323 e. The molecule has 0 saturated carbocycles. The number of rotatable bonds is 8. The fourth-order valence-corrected chi connectivity index (χ4v) is 1.87. The average Bonchev–Trinajstić information content (AvgIpc) is 2.35. The van der Waals surface area contributed by atoms with Crippen molar-refractivity contribution in [1.29, 1.82) is 0 Å². The summed E-state index contributed by atoms with van der Waals surface area (Å²) in [7, 11) is -3.02. The molecule has 1 aromatic rings. The molecule has 1 rings (SSSR count). The van der Waals surface area contributed by atoms with Crippen molar-refractivity contribution in [2.75, 3.05) is 35.7 Å². The monoisotopic (exact) mass is 289 g/mol. The van der Waals surface area contributed by atoms with E-state index in [1.54, 1.807) is 6.92 Å². The standard InChI is InChI=1S/C10H19N5O3S/c1-3-6-18-10-14-8(11)13-9(15-10)12-5-7-19(16,17)4-2/h3-7H2,1-2H3,(H3,11,12,13,14,15). The Kier molecular flexibility index (Phi) is 5.74. The zero-order valence-corrected chi connectivity index (χ0v) is 11.9. The second-order valence-corrected chi connectivity index (χ2v) is 6.28. The Hall–Kier alpha value is -1.64. The molecule has 19 heavy (non-hydrogen) atoms. The average molecular weight is 289 g/mol. The van der Waals surface area contributed by atoms with Crippen LogP contribution in [0.1, 0.15) is 20.3 Å². The van der Waals surface area contributed by atoms with E-state index in [1.807, 2.05) is 6.92 Å². The van der Waals surface area contributed by atoms with E-state index in [4.69, 9.17) is 10.5 Å². The van der Waals surface area contributed by atoms with Crippen molar-refractivity contribution in [3.05, 3.63) is 0 Å². The Morgan fingerprint density at radius 3 is 2.63 bits per heavy atom. The van der Waals surface area contributed by atoms with Crippen LogP contribution in [0.3, 0.4) is 0 Å². The van der Waals surface area contributed by atoms with Gasteiger partial charge in [-0.2, -0.15) is 15.0 Å². The number of nitrogens with two attached hydrogens (primary N) is 1. The molecule has 0 aliphatic heterocycles. The molecule has 8 nitrogen and oxygen atoms in total. The summed E-state index contributed by atoms with van der Waals surface area (Å²) in [6.45, 7) is 4.26. The van der Waals surface area contributed by atoms with Gasteiger partial charge < -0.3 is 15.8 Å². The summed E-state index contributed by atoms with van der Waals surface area (Å²) in [4.78, 5) is 11.7. The van der Waals surface area contributed by atoms with Gasteiger partial charge >= 0.3 is 6.01 Å². The van der Waals surface area contributed by atoms with Gasteiger partial charge in [0.15, 0.2) is 9.84 Å². The van der Waals surface area contributed by atoms with Crippen molar-refractivity contribution in [3.8, 4) is 6.01 Å². The molecule has 1 heterocycles. The number of aromatic nitrogens is 3. The Labute approximate surface area is 112 Å². The van der Waals surface area contributed by atoms with E-state index in [2.05, 4.69) is 20.3 Å². The topological polar surface area (TPSA) is 120 Å². The molecule has 0 amide bonds. The van der Waals surface area contributed by atoms with Gasteiger partial charge in [0.05, 0.1) is 12.4 Å². The van der Waals surface area contributed by atoms with Gasteiger partial charge in [-0.05, 0) is 6.42 Å². The number of anilines is 2. The summed E-state index contributed by atoms with van der Waals surface area (Å²) in [6.07, 6.45) is 0.823. The van der Waals surface area contributed by atoms with E-state index >= 15 is 0 Å². The van der Waals surface area contributed by atoms with Crippen molar-refractivity contribution in [3.63, 3.8) is 0 Å². The Balaban J connectivity index is 2.60. The van der Waals surface area contributed by atoms with E-state index < -0.39 is 9.84 Å². The molecule has 3 N–H and O–H groups in total. The highest BCUT2D eigenvalue weighted by atomic mass is 32.2.